The number of fused-ring (bicyclic) bond motifs is 1. The minimum atomic E-state index is -0.539. The molecule has 0 aromatic heterocycles. The van der Waals surface area contributed by atoms with Crippen LogP contribution in [0.2, 0.25) is 5.02 Å². The van der Waals surface area contributed by atoms with E-state index in [0.717, 1.165) is 21.9 Å². The van der Waals surface area contributed by atoms with Gasteiger partial charge in [0.2, 0.25) is 0 Å². The smallest absolute Gasteiger partial charge is 0.266 e. The molecule has 198 valence electrons. The third-order valence-corrected chi connectivity index (χ3v) is 6.35. The van der Waals surface area contributed by atoms with Gasteiger partial charge < -0.3 is 19.5 Å². The van der Waals surface area contributed by atoms with Crippen molar-refractivity contribution in [3.63, 3.8) is 0 Å². The normalized spacial score (nSPS) is 11.1. The summed E-state index contributed by atoms with van der Waals surface area (Å²) in [5.41, 5.74) is 3.18. The van der Waals surface area contributed by atoms with Crippen molar-refractivity contribution in [2.75, 3.05) is 18.5 Å². The first kappa shape index (κ1) is 27.6. The second-order valence-electron chi connectivity index (χ2n) is 8.72. The second kappa shape index (κ2) is 12.9. The minimum Gasteiger partial charge on any atom is -0.494 e. The first-order chi connectivity index (χ1) is 18.9. The number of carbonyl (C=O) groups is 1. The zero-order chi connectivity index (χ0) is 27.8. The summed E-state index contributed by atoms with van der Waals surface area (Å²) < 4.78 is 17.5. The molecule has 0 atom stereocenters. The van der Waals surface area contributed by atoms with Crippen molar-refractivity contribution in [1.82, 2.24) is 0 Å². The Balaban J connectivity index is 1.57. The number of nitriles is 1. The van der Waals surface area contributed by atoms with E-state index in [1.165, 1.54) is 6.08 Å². The summed E-state index contributed by atoms with van der Waals surface area (Å²) in [5.74, 6) is 0.990. The number of hydrogen-bond acceptors (Lipinski definition) is 5. The number of halogens is 1. The third-order valence-electron chi connectivity index (χ3n) is 6.07. The van der Waals surface area contributed by atoms with Gasteiger partial charge in [0.1, 0.15) is 24.0 Å². The van der Waals surface area contributed by atoms with E-state index in [1.807, 2.05) is 39.0 Å². The molecule has 0 saturated heterocycles. The van der Waals surface area contributed by atoms with Crippen molar-refractivity contribution in [1.29, 1.82) is 5.26 Å². The fraction of sp³-hybridized carbons (Fsp3) is 0.188. The number of rotatable bonds is 10. The van der Waals surface area contributed by atoms with E-state index in [-0.39, 0.29) is 5.57 Å². The fourth-order valence-electron chi connectivity index (χ4n) is 4.17. The van der Waals surface area contributed by atoms with E-state index < -0.39 is 5.91 Å². The lowest BCUT2D eigenvalue weighted by Crippen LogP contribution is -2.13. The molecule has 4 aromatic rings. The van der Waals surface area contributed by atoms with Crippen LogP contribution in [0.25, 0.3) is 16.8 Å². The number of carbonyl (C=O) groups excluding carboxylic acids is 1. The molecule has 4 aromatic carbocycles. The van der Waals surface area contributed by atoms with Crippen LogP contribution in [0.5, 0.6) is 17.2 Å². The summed E-state index contributed by atoms with van der Waals surface area (Å²) in [6, 6.07) is 24.6. The maximum atomic E-state index is 12.8. The van der Waals surface area contributed by atoms with E-state index in [9.17, 15) is 10.1 Å². The molecule has 0 aliphatic carbocycles. The summed E-state index contributed by atoms with van der Waals surface area (Å²) in [5, 5.41) is 15.0. The lowest BCUT2D eigenvalue weighted by molar-refractivity contribution is -0.112. The number of amides is 1. The van der Waals surface area contributed by atoms with Gasteiger partial charge in [0.05, 0.1) is 18.2 Å². The van der Waals surface area contributed by atoms with Crippen LogP contribution in [-0.4, -0.2) is 19.1 Å². The zero-order valence-electron chi connectivity index (χ0n) is 22.1. The van der Waals surface area contributed by atoms with Gasteiger partial charge in [0.25, 0.3) is 5.91 Å². The monoisotopic (exact) mass is 540 g/mol. The highest BCUT2D eigenvalue weighted by Crippen LogP contribution is 2.38. The lowest BCUT2D eigenvalue weighted by Gasteiger charge is -2.16. The van der Waals surface area contributed by atoms with Crippen LogP contribution in [0.15, 0.2) is 78.4 Å². The van der Waals surface area contributed by atoms with Crippen LogP contribution in [0.3, 0.4) is 0 Å². The Labute approximate surface area is 233 Å². The molecule has 39 heavy (non-hydrogen) atoms. The highest BCUT2D eigenvalue weighted by atomic mass is 35.5. The van der Waals surface area contributed by atoms with Crippen molar-refractivity contribution in [3.8, 4) is 23.3 Å². The molecule has 6 nitrogen and oxygen atoms in total. The quantitative estimate of drug-likeness (QED) is 0.164. The standard InChI is InChI=1S/C32H29ClN2O4/c1-4-37-26-14-12-25(13-15-26)35-32(36)24(19-34)16-22-17-29(33)31(30(18-22)38-5-2)39-20-28-21(3)10-11-23-8-6-7-9-27(23)28/h6-18H,4-5,20H2,1-3H3,(H,35,36)/b24-16+. The van der Waals surface area contributed by atoms with Gasteiger partial charge in [-0.25, -0.2) is 0 Å². The Morgan fingerprint density at radius 1 is 0.974 bits per heavy atom. The largest absolute Gasteiger partial charge is 0.494 e. The molecule has 0 aliphatic rings. The number of nitrogens with one attached hydrogen (secondary N) is 1. The van der Waals surface area contributed by atoms with Crippen LogP contribution in [-0.2, 0) is 11.4 Å². The van der Waals surface area contributed by atoms with E-state index in [2.05, 4.69) is 29.6 Å². The van der Waals surface area contributed by atoms with E-state index in [0.29, 0.717) is 53.3 Å². The molecule has 7 heteroatoms. The zero-order valence-corrected chi connectivity index (χ0v) is 22.8. The molecule has 0 radical (unpaired) electrons. The van der Waals surface area contributed by atoms with E-state index in [1.54, 1.807) is 36.4 Å². The average Bonchev–Trinajstić information content (AvgIpc) is 2.93. The first-order valence-corrected chi connectivity index (χ1v) is 13.0. The van der Waals surface area contributed by atoms with Crippen molar-refractivity contribution in [3.05, 3.63) is 100 Å². The topological polar surface area (TPSA) is 80.6 Å². The summed E-state index contributed by atoms with van der Waals surface area (Å²) >= 11 is 6.64. The van der Waals surface area contributed by atoms with Gasteiger partial charge in [-0.05, 0) is 85.1 Å². The van der Waals surface area contributed by atoms with Gasteiger partial charge in [-0.15, -0.1) is 0 Å². The van der Waals surface area contributed by atoms with Crippen molar-refractivity contribution in [2.45, 2.75) is 27.4 Å². The maximum absolute atomic E-state index is 12.8. The van der Waals surface area contributed by atoms with Crippen LogP contribution in [0, 0.1) is 18.3 Å². The van der Waals surface area contributed by atoms with Gasteiger partial charge in [0.15, 0.2) is 11.5 Å². The van der Waals surface area contributed by atoms with Crippen LogP contribution in [0.1, 0.15) is 30.5 Å². The van der Waals surface area contributed by atoms with Gasteiger partial charge in [0, 0.05) is 11.3 Å². The number of aryl methyl sites for hydroxylation is 1. The number of benzene rings is 4. The summed E-state index contributed by atoms with van der Waals surface area (Å²) in [6.45, 7) is 7.04. The first-order valence-electron chi connectivity index (χ1n) is 12.7. The molecule has 0 aliphatic heterocycles. The molecular formula is C32H29ClN2O4. The van der Waals surface area contributed by atoms with Gasteiger partial charge in [-0.2, -0.15) is 5.26 Å². The molecule has 0 heterocycles. The molecule has 0 fully saturated rings. The summed E-state index contributed by atoms with van der Waals surface area (Å²) in [6.07, 6.45) is 1.47. The number of ether oxygens (including phenoxy) is 3. The Bertz CT molecular complexity index is 1560. The Kier molecular flexibility index (Phi) is 9.09. The summed E-state index contributed by atoms with van der Waals surface area (Å²) in [4.78, 5) is 12.8. The third kappa shape index (κ3) is 6.70. The number of hydrogen-bond donors (Lipinski definition) is 1. The summed E-state index contributed by atoms with van der Waals surface area (Å²) in [7, 11) is 0. The van der Waals surface area contributed by atoms with Gasteiger partial charge in [-0.1, -0.05) is 48.0 Å². The molecule has 0 spiro atoms. The predicted octanol–water partition coefficient (Wildman–Crippen LogP) is 7.72. The molecule has 1 N–H and O–H groups in total. The highest BCUT2D eigenvalue weighted by Gasteiger charge is 2.16. The molecule has 1 amide bonds. The molecule has 0 unspecified atom stereocenters. The molecular weight excluding hydrogens is 512 g/mol. The Morgan fingerprint density at radius 2 is 1.72 bits per heavy atom. The van der Waals surface area contributed by atoms with Crippen molar-refractivity contribution >= 4 is 40.0 Å². The Hall–Kier alpha value is -4.47. The SMILES string of the molecule is CCOc1ccc(NC(=O)/C(C#N)=C/c2cc(Cl)c(OCc3c(C)ccc4ccccc34)c(OCC)c2)cc1. The number of nitrogens with zero attached hydrogens (tertiary/aromatic N) is 1. The van der Waals surface area contributed by atoms with E-state index >= 15 is 0 Å². The maximum Gasteiger partial charge on any atom is 0.266 e. The number of anilines is 1. The molecule has 0 saturated carbocycles. The van der Waals surface area contributed by atoms with Gasteiger partial charge >= 0.3 is 0 Å². The highest BCUT2D eigenvalue weighted by molar-refractivity contribution is 6.32. The van der Waals surface area contributed by atoms with Crippen LogP contribution in [0.4, 0.5) is 5.69 Å². The molecule has 4 rings (SSSR count). The van der Waals surface area contributed by atoms with Crippen molar-refractivity contribution < 1.29 is 19.0 Å². The van der Waals surface area contributed by atoms with Gasteiger partial charge in [-0.3, -0.25) is 4.79 Å². The van der Waals surface area contributed by atoms with Crippen LogP contribution < -0.4 is 19.5 Å². The second-order valence-corrected chi connectivity index (χ2v) is 9.12. The minimum absolute atomic E-state index is 0.0811. The molecule has 0 bridgehead atoms. The lowest BCUT2D eigenvalue weighted by atomic mass is 10.0. The van der Waals surface area contributed by atoms with E-state index in [4.69, 9.17) is 25.8 Å². The Morgan fingerprint density at radius 3 is 2.44 bits per heavy atom. The predicted molar refractivity (Wildman–Crippen MR) is 155 cm³/mol. The van der Waals surface area contributed by atoms with Crippen molar-refractivity contribution in [2.24, 2.45) is 0 Å². The van der Waals surface area contributed by atoms with Crippen LogP contribution >= 0.6 is 11.6 Å². The average molecular weight is 541 g/mol. The fourth-order valence-corrected chi connectivity index (χ4v) is 4.44.